The van der Waals surface area contributed by atoms with Gasteiger partial charge < -0.3 is 5.32 Å². The molecule has 0 bridgehead atoms. The molecular weight excluding hydrogens is 216 g/mol. The highest BCUT2D eigenvalue weighted by Gasteiger charge is 2.12. The maximum atomic E-state index is 4.55. The zero-order chi connectivity index (χ0) is 12.1. The van der Waals surface area contributed by atoms with Gasteiger partial charge in [-0.15, -0.1) is 0 Å². The highest BCUT2D eigenvalue weighted by molar-refractivity contribution is 7.03. The summed E-state index contributed by atoms with van der Waals surface area (Å²) in [6.45, 7) is 11.6. The van der Waals surface area contributed by atoms with Crippen molar-refractivity contribution >= 4 is 23.3 Å². The first kappa shape index (κ1) is 13.2. The Morgan fingerprint density at radius 2 is 2.12 bits per heavy atom. The summed E-state index contributed by atoms with van der Waals surface area (Å²) in [7, 11) is 0. The zero-order valence-corrected chi connectivity index (χ0v) is 11.7. The largest absolute Gasteiger partial charge is 0.384 e. The van der Waals surface area contributed by atoms with Crippen LogP contribution in [0.1, 0.15) is 52.7 Å². The van der Waals surface area contributed by atoms with Crippen molar-refractivity contribution in [3.05, 3.63) is 15.4 Å². The first-order valence-electron chi connectivity index (χ1n) is 6.16. The summed E-state index contributed by atoms with van der Waals surface area (Å²) in [6.07, 6.45) is 3.30. The Morgan fingerprint density at radius 3 is 2.69 bits per heavy atom. The lowest BCUT2D eigenvalue weighted by molar-refractivity contribution is 0.822. The zero-order valence-electron chi connectivity index (χ0n) is 10.9. The topological polar surface area (TPSA) is 24.9 Å². The van der Waals surface area contributed by atoms with Crippen LogP contribution in [0.15, 0.2) is 0 Å². The molecule has 2 nitrogen and oxygen atoms in total. The number of rotatable bonds is 2. The van der Waals surface area contributed by atoms with E-state index in [1.165, 1.54) is 21.1 Å². The van der Waals surface area contributed by atoms with E-state index in [9.17, 15) is 0 Å². The fourth-order valence-corrected chi connectivity index (χ4v) is 2.79. The van der Waals surface area contributed by atoms with Crippen LogP contribution >= 0.6 is 11.5 Å². The van der Waals surface area contributed by atoms with Crippen molar-refractivity contribution in [2.75, 3.05) is 6.54 Å². The molecule has 1 N–H and O–H groups in total. The fourth-order valence-electron chi connectivity index (χ4n) is 1.81. The van der Waals surface area contributed by atoms with E-state index in [1.54, 1.807) is 11.5 Å². The quantitative estimate of drug-likeness (QED) is 0.854. The lowest BCUT2D eigenvalue weighted by atomic mass is 10.1. The Hall–Kier alpha value is -0.830. The van der Waals surface area contributed by atoms with E-state index in [0.29, 0.717) is 5.92 Å². The summed E-state index contributed by atoms with van der Waals surface area (Å²) >= 11 is 1.63. The van der Waals surface area contributed by atoms with Crippen LogP contribution in [0.2, 0.25) is 0 Å². The molecule has 90 valence electrons. The van der Waals surface area contributed by atoms with Crippen LogP contribution in [-0.4, -0.2) is 10.9 Å². The summed E-state index contributed by atoms with van der Waals surface area (Å²) in [6, 6.07) is 0. The van der Waals surface area contributed by atoms with E-state index < -0.39 is 0 Å². The van der Waals surface area contributed by atoms with Gasteiger partial charge in [0.05, 0.1) is 10.2 Å². The lowest BCUT2D eigenvalue weighted by Gasteiger charge is -2.11. The summed E-state index contributed by atoms with van der Waals surface area (Å²) in [5.41, 5.74) is 2.62. The third-order valence-electron chi connectivity index (χ3n) is 2.55. The van der Waals surface area contributed by atoms with Crippen molar-refractivity contribution in [2.24, 2.45) is 0 Å². The molecule has 0 amide bonds. The fraction of sp³-hybridized carbons (Fsp3) is 0.615. The molecule has 0 saturated heterocycles. The molecule has 0 radical (unpaired) electrons. The molecular formula is C13H22N2S. The van der Waals surface area contributed by atoms with Crippen molar-refractivity contribution in [1.29, 1.82) is 0 Å². The minimum Gasteiger partial charge on any atom is -0.384 e. The average Bonchev–Trinajstić information content (AvgIpc) is 2.75. The summed E-state index contributed by atoms with van der Waals surface area (Å²) in [4.78, 5) is 0. The Morgan fingerprint density at radius 1 is 1.44 bits per heavy atom. The van der Waals surface area contributed by atoms with Crippen molar-refractivity contribution in [2.45, 2.75) is 47.0 Å². The Balaban J connectivity index is 0.000000606. The molecule has 0 aliphatic carbocycles. The highest BCUT2D eigenvalue weighted by Crippen LogP contribution is 2.08. The van der Waals surface area contributed by atoms with Gasteiger partial charge in [0.2, 0.25) is 0 Å². The second-order valence-corrected chi connectivity index (χ2v) is 4.68. The number of nitrogens with zero attached hydrogens (tertiary/aromatic N) is 1. The minimum absolute atomic E-state index is 0.518. The van der Waals surface area contributed by atoms with Crippen LogP contribution in [0, 0.1) is 0 Å². The number of nitrogens with one attached hydrogen (secondary N) is 1. The molecule has 3 heteroatoms. The molecule has 1 aliphatic rings. The second-order valence-electron chi connectivity index (χ2n) is 3.88. The van der Waals surface area contributed by atoms with Crippen LogP contribution < -0.4 is 15.1 Å². The number of hydrogen-bond acceptors (Lipinski definition) is 3. The van der Waals surface area contributed by atoms with E-state index in [0.717, 1.165) is 13.0 Å². The van der Waals surface area contributed by atoms with Crippen LogP contribution in [0.4, 0.5) is 0 Å². The van der Waals surface area contributed by atoms with E-state index in [4.69, 9.17) is 0 Å². The van der Waals surface area contributed by atoms with Crippen LogP contribution in [0.3, 0.4) is 0 Å². The predicted octanol–water partition coefficient (Wildman–Crippen LogP) is 2.19. The monoisotopic (exact) mass is 238 g/mol. The van der Waals surface area contributed by atoms with Gasteiger partial charge in [0, 0.05) is 17.5 Å². The Bertz CT molecular complexity index is 443. The number of fused-ring (bicyclic) bond motifs is 1. The van der Waals surface area contributed by atoms with Crippen molar-refractivity contribution in [3.63, 3.8) is 0 Å². The van der Waals surface area contributed by atoms with E-state index in [2.05, 4.69) is 36.5 Å². The van der Waals surface area contributed by atoms with E-state index in [1.807, 2.05) is 13.8 Å². The lowest BCUT2D eigenvalue weighted by Crippen LogP contribution is -2.36. The predicted molar refractivity (Wildman–Crippen MR) is 73.0 cm³/mol. The minimum atomic E-state index is 0.518. The maximum absolute atomic E-state index is 4.55. The molecule has 2 rings (SSSR count). The summed E-state index contributed by atoms with van der Waals surface area (Å²) < 4.78 is 5.90. The van der Waals surface area contributed by atoms with Crippen LogP contribution in [-0.2, 0) is 0 Å². The highest BCUT2D eigenvalue weighted by atomic mass is 32.1. The molecule has 0 fully saturated rings. The van der Waals surface area contributed by atoms with Crippen molar-refractivity contribution in [1.82, 2.24) is 9.69 Å². The van der Waals surface area contributed by atoms with Crippen molar-refractivity contribution in [3.8, 4) is 0 Å². The van der Waals surface area contributed by atoms with Crippen LogP contribution in [0.25, 0.3) is 11.8 Å². The molecule has 0 atom stereocenters. The normalized spacial score (nSPS) is 13.5. The average molecular weight is 238 g/mol. The van der Waals surface area contributed by atoms with Gasteiger partial charge in [0.25, 0.3) is 0 Å². The SMILES string of the molecule is CC.CCC1=c2c(C(C)C)nsc2=CCN1. The van der Waals surface area contributed by atoms with Gasteiger partial charge in [-0.1, -0.05) is 34.6 Å². The van der Waals surface area contributed by atoms with Gasteiger partial charge in [-0.05, 0) is 29.9 Å². The maximum Gasteiger partial charge on any atom is 0.0663 e. The third-order valence-corrected chi connectivity index (χ3v) is 3.41. The Kier molecular flexibility index (Phi) is 5.00. The van der Waals surface area contributed by atoms with Crippen molar-refractivity contribution < 1.29 is 0 Å². The van der Waals surface area contributed by atoms with Gasteiger partial charge in [-0.2, -0.15) is 4.37 Å². The van der Waals surface area contributed by atoms with E-state index in [-0.39, 0.29) is 0 Å². The molecule has 16 heavy (non-hydrogen) atoms. The molecule has 0 aromatic carbocycles. The standard InChI is InChI=1S/C11H16N2S.C2H6/c1-4-8-10-9(5-6-12-8)14-13-11(10)7(2)3;1-2/h5,7,12H,4,6H2,1-3H3;1-2H3. The molecule has 1 aliphatic heterocycles. The first-order chi connectivity index (χ1) is 7.74. The molecule has 0 spiro atoms. The summed E-state index contributed by atoms with van der Waals surface area (Å²) in [5.74, 6) is 0.518. The van der Waals surface area contributed by atoms with E-state index >= 15 is 0 Å². The molecule has 1 aromatic rings. The second kappa shape index (κ2) is 6.04. The number of aromatic nitrogens is 1. The molecule has 0 unspecified atom stereocenters. The third kappa shape index (κ3) is 2.46. The molecule has 1 aromatic heterocycles. The van der Waals surface area contributed by atoms with Crippen LogP contribution in [0.5, 0.6) is 0 Å². The van der Waals surface area contributed by atoms with Gasteiger partial charge >= 0.3 is 0 Å². The first-order valence-corrected chi connectivity index (χ1v) is 6.94. The smallest absolute Gasteiger partial charge is 0.0663 e. The van der Waals surface area contributed by atoms with Gasteiger partial charge in [0.15, 0.2) is 0 Å². The molecule has 0 saturated carbocycles. The molecule has 2 heterocycles. The van der Waals surface area contributed by atoms with Gasteiger partial charge in [0.1, 0.15) is 0 Å². The number of hydrogen-bond donors (Lipinski definition) is 1. The van der Waals surface area contributed by atoms with Gasteiger partial charge in [-0.25, -0.2) is 0 Å². The Labute approximate surface area is 102 Å². The van der Waals surface area contributed by atoms with Gasteiger partial charge in [-0.3, -0.25) is 0 Å². The summed E-state index contributed by atoms with van der Waals surface area (Å²) in [5, 5.41) is 4.81.